The van der Waals surface area contributed by atoms with E-state index in [1.165, 1.54) is 0 Å². The number of para-hydroxylation sites is 2. The summed E-state index contributed by atoms with van der Waals surface area (Å²) in [6, 6.07) is 19.9. The van der Waals surface area contributed by atoms with Crippen LogP contribution in [0.2, 0.25) is 0 Å². The van der Waals surface area contributed by atoms with Gasteiger partial charge in [0.05, 0.1) is 29.7 Å². The Morgan fingerprint density at radius 3 is 2.34 bits per heavy atom. The van der Waals surface area contributed by atoms with Gasteiger partial charge in [0.25, 0.3) is 5.91 Å². The summed E-state index contributed by atoms with van der Waals surface area (Å²) in [5, 5.41) is 4.50. The molecule has 2 aromatic carbocycles. The van der Waals surface area contributed by atoms with Crippen molar-refractivity contribution in [2.24, 2.45) is 5.92 Å². The molecule has 1 amide bonds. The second-order valence-corrected chi connectivity index (χ2v) is 7.47. The van der Waals surface area contributed by atoms with E-state index in [0.717, 1.165) is 55.0 Å². The number of nitrogens with zero attached hydrogens (tertiary/aromatic N) is 3. The van der Waals surface area contributed by atoms with Gasteiger partial charge in [-0.2, -0.15) is 5.10 Å². The molecule has 1 aliphatic rings. The van der Waals surface area contributed by atoms with Crippen LogP contribution < -0.4 is 4.74 Å². The molecule has 5 nitrogen and oxygen atoms in total. The Morgan fingerprint density at radius 1 is 1.03 bits per heavy atom. The van der Waals surface area contributed by atoms with E-state index in [-0.39, 0.29) is 5.91 Å². The Balaban J connectivity index is 1.38. The van der Waals surface area contributed by atoms with Crippen LogP contribution in [0.4, 0.5) is 0 Å². The molecule has 150 valence electrons. The molecule has 3 aromatic rings. The zero-order valence-electron chi connectivity index (χ0n) is 16.8. The Hall–Kier alpha value is -3.08. The number of hydrogen-bond acceptors (Lipinski definition) is 3. The second-order valence-electron chi connectivity index (χ2n) is 7.47. The van der Waals surface area contributed by atoms with E-state index in [1.54, 1.807) is 6.20 Å². The highest BCUT2D eigenvalue weighted by Gasteiger charge is 2.27. The number of carbonyl (C=O) groups excluding carboxylic acids is 1. The van der Waals surface area contributed by atoms with E-state index < -0.39 is 0 Å². The summed E-state index contributed by atoms with van der Waals surface area (Å²) in [6.45, 7) is 4.31. The first-order valence-corrected chi connectivity index (χ1v) is 10.4. The average molecular weight is 389 g/mol. The highest BCUT2D eigenvalue weighted by atomic mass is 16.5. The van der Waals surface area contributed by atoms with Crippen molar-refractivity contribution in [1.82, 2.24) is 14.7 Å². The summed E-state index contributed by atoms with van der Waals surface area (Å²) in [5.74, 6) is 1.48. The van der Waals surface area contributed by atoms with Crippen molar-refractivity contribution in [1.29, 1.82) is 0 Å². The highest BCUT2D eigenvalue weighted by Crippen LogP contribution is 2.23. The maximum Gasteiger partial charge on any atom is 0.257 e. The molecule has 0 spiro atoms. The summed E-state index contributed by atoms with van der Waals surface area (Å²) >= 11 is 0. The Kier molecular flexibility index (Phi) is 5.94. The fourth-order valence-corrected chi connectivity index (χ4v) is 3.89. The molecule has 5 heteroatoms. The summed E-state index contributed by atoms with van der Waals surface area (Å²) in [5.41, 5.74) is 2.67. The first-order valence-electron chi connectivity index (χ1n) is 10.4. The van der Waals surface area contributed by atoms with Crippen molar-refractivity contribution in [2.45, 2.75) is 26.2 Å². The molecule has 1 fully saturated rings. The lowest BCUT2D eigenvalue weighted by Gasteiger charge is -2.32. The van der Waals surface area contributed by atoms with Crippen LogP contribution in [0.15, 0.2) is 66.9 Å². The van der Waals surface area contributed by atoms with E-state index in [4.69, 9.17) is 4.74 Å². The number of amides is 1. The fourth-order valence-electron chi connectivity index (χ4n) is 3.89. The third kappa shape index (κ3) is 4.34. The van der Waals surface area contributed by atoms with E-state index in [2.05, 4.69) is 12.0 Å². The van der Waals surface area contributed by atoms with E-state index in [0.29, 0.717) is 12.5 Å². The molecule has 0 N–H and O–H groups in total. The maximum atomic E-state index is 13.2. The van der Waals surface area contributed by atoms with Gasteiger partial charge < -0.3 is 9.64 Å². The van der Waals surface area contributed by atoms with Crippen LogP contribution in [0, 0.1) is 5.92 Å². The zero-order valence-corrected chi connectivity index (χ0v) is 16.8. The number of benzene rings is 2. The van der Waals surface area contributed by atoms with Gasteiger partial charge in [0.15, 0.2) is 0 Å². The van der Waals surface area contributed by atoms with Crippen molar-refractivity contribution >= 4 is 5.91 Å². The minimum atomic E-state index is 0.0893. The van der Waals surface area contributed by atoms with Crippen molar-refractivity contribution < 1.29 is 9.53 Å². The van der Waals surface area contributed by atoms with Gasteiger partial charge in [0.1, 0.15) is 5.75 Å². The van der Waals surface area contributed by atoms with E-state index >= 15 is 0 Å². The summed E-state index contributed by atoms with van der Waals surface area (Å²) in [6.07, 6.45) is 4.41. The Labute approximate surface area is 171 Å². The molecule has 0 saturated carbocycles. The lowest BCUT2D eigenvalue weighted by atomic mass is 9.97. The minimum Gasteiger partial charge on any atom is -0.493 e. The smallest absolute Gasteiger partial charge is 0.257 e. The largest absolute Gasteiger partial charge is 0.493 e. The predicted octanol–water partition coefficient (Wildman–Crippen LogP) is 4.37. The van der Waals surface area contributed by atoms with Gasteiger partial charge in [0, 0.05) is 13.1 Å². The minimum absolute atomic E-state index is 0.0893. The fraction of sp³-hybridized carbons (Fsp3) is 0.333. The average Bonchev–Trinajstić information content (AvgIpc) is 3.23. The van der Waals surface area contributed by atoms with Gasteiger partial charge >= 0.3 is 0 Å². The monoisotopic (exact) mass is 389 g/mol. The standard InChI is InChI=1S/C24H27N3O2/c1-2-23-22(17-25-27(23)20-9-5-3-6-10-20)24(28)26-15-13-19(14-16-26)18-29-21-11-7-4-8-12-21/h3-12,17,19H,2,13-16,18H2,1H3. The van der Waals surface area contributed by atoms with Crippen molar-refractivity contribution in [3.05, 3.63) is 78.1 Å². The van der Waals surface area contributed by atoms with E-state index in [9.17, 15) is 4.79 Å². The molecule has 1 aromatic heterocycles. The third-order valence-corrected chi connectivity index (χ3v) is 5.57. The molecule has 0 aliphatic carbocycles. The van der Waals surface area contributed by atoms with Crippen LogP contribution in [0.3, 0.4) is 0 Å². The van der Waals surface area contributed by atoms with E-state index in [1.807, 2.05) is 70.2 Å². The molecule has 4 rings (SSSR count). The maximum absolute atomic E-state index is 13.2. The number of carbonyl (C=O) groups is 1. The molecular formula is C24H27N3O2. The predicted molar refractivity (Wildman–Crippen MR) is 114 cm³/mol. The quantitative estimate of drug-likeness (QED) is 0.629. The number of aromatic nitrogens is 2. The molecule has 2 heterocycles. The van der Waals surface area contributed by atoms with Gasteiger partial charge in [-0.1, -0.05) is 43.3 Å². The second kappa shape index (κ2) is 8.95. The highest BCUT2D eigenvalue weighted by molar-refractivity contribution is 5.95. The number of hydrogen-bond donors (Lipinski definition) is 0. The molecule has 1 saturated heterocycles. The van der Waals surface area contributed by atoms with Gasteiger partial charge in [-0.05, 0) is 49.4 Å². The first kappa shape index (κ1) is 19.2. The van der Waals surface area contributed by atoms with Gasteiger partial charge in [-0.25, -0.2) is 4.68 Å². The third-order valence-electron chi connectivity index (χ3n) is 5.57. The molecule has 0 bridgehead atoms. The van der Waals surface area contributed by atoms with Crippen molar-refractivity contribution in [3.63, 3.8) is 0 Å². The zero-order chi connectivity index (χ0) is 20.1. The molecule has 29 heavy (non-hydrogen) atoms. The number of likely N-dealkylation sites (tertiary alicyclic amines) is 1. The molecular weight excluding hydrogens is 362 g/mol. The first-order chi connectivity index (χ1) is 14.3. The van der Waals surface area contributed by atoms with Crippen molar-refractivity contribution in [3.8, 4) is 11.4 Å². The van der Waals surface area contributed by atoms with Gasteiger partial charge in [-0.3, -0.25) is 4.79 Å². The normalized spacial score (nSPS) is 14.7. The van der Waals surface area contributed by atoms with Crippen LogP contribution in [0.25, 0.3) is 5.69 Å². The van der Waals surface area contributed by atoms with Crippen LogP contribution in [-0.4, -0.2) is 40.3 Å². The molecule has 1 aliphatic heterocycles. The number of piperidine rings is 1. The van der Waals surface area contributed by atoms with Crippen molar-refractivity contribution in [2.75, 3.05) is 19.7 Å². The summed E-state index contributed by atoms with van der Waals surface area (Å²) in [4.78, 5) is 15.1. The van der Waals surface area contributed by atoms with Crippen LogP contribution in [0.1, 0.15) is 35.8 Å². The van der Waals surface area contributed by atoms with Crippen LogP contribution >= 0.6 is 0 Å². The molecule has 0 unspecified atom stereocenters. The van der Waals surface area contributed by atoms with Gasteiger partial charge in [-0.15, -0.1) is 0 Å². The Morgan fingerprint density at radius 2 is 1.69 bits per heavy atom. The number of ether oxygens (including phenoxy) is 1. The lowest BCUT2D eigenvalue weighted by molar-refractivity contribution is 0.0660. The summed E-state index contributed by atoms with van der Waals surface area (Å²) < 4.78 is 7.78. The van der Waals surface area contributed by atoms with Crippen LogP contribution in [0.5, 0.6) is 5.75 Å². The molecule has 0 radical (unpaired) electrons. The van der Waals surface area contributed by atoms with Gasteiger partial charge in [0.2, 0.25) is 0 Å². The molecule has 0 atom stereocenters. The lowest BCUT2D eigenvalue weighted by Crippen LogP contribution is -2.40. The Bertz CT molecular complexity index is 929. The van der Waals surface area contributed by atoms with Crippen LogP contribution in [-0.2, 0) is 6.42 Å². The summed E-state index contributed by atoms with van der Waals surface area (Å²) in [7, 11) is 0. The number of rotatable bonds is 6. The SMILES string of the molecule is CCc1c(C(=O)N2CCC(COc3ccccc3)CC2)cnn1-c1ccccc1. The topological polar surface area (TPSA) is 47.4 Å².